The third kappa shape index (κ3) is 8.12. The summed E-state index contributed by atoms with van der Waals surface area (Å²) in [6.45, 7) is 15.1. The first-order chi connectivity index (χ1) is 24.1. The van der Waals surface area contributed by atoms with E-state index in [1.54, 1.807) is 36.7 Å². The molecule has 0 aliphatic carbocycles. The zero-order valence-corrected chi connectivity index (χ0v) is 32.7. The number of hydrogen-bond donors (Lipinski definition) is 3. The van der Waals surface area contributed by atoms with Crippen molar-refractivity contribution in [3.8, 4) is 17.1 Å². The van der Waals surface area contributed by atoms with Gasteiger partial charge in [0.1, 0.15) is 11.4 Å². The zero-order valence-electron chi connectivity index (χ0n) is 29.6. The van der Waals surface area contributed by atoms with Crippen molar-refractivity contribution in [2.75, 3.05) is 10.6 Å². The molecule has 0 radical (unpaired) electrons. The number of H-pyrrole nitrogens is 1. The number of aromatic nitrogens is 4. The number of amides is 1. The summed E-state index contributed by atoms with van der Waals surface area (Å²) in [4.78, 5) is 27.5. The Morgan fingerprint density at radius 3 is 2.20 bits per heavy atom. The third-order valence-electron chi connectivity index (χ3n) is 9.49. The minimum Gasteiger partial charge on any atom is -0.480 e. The molecule has 1 amide bonds. The van der Waals surface area contributed by atoms with Crippen molar-refractivity contribution in [2.24, 2.45) is 0 Å². The molecule has 0 aliphatic rings. The Labute approximate surface area is 318 Å². The van der Waals surface area contributed by atoms with Crippen LogP contribution in [0.3, 0.4) is 0 Å². The topological polar surface area (TPSA) is 106 Å². The van der Waals surface area contributed by atoms with E-state index in [0.717, 1.165) is 18.4 Å². The maximum Gasteiger partial charge on any atom is 0.299 e. The number of carbonyl (C=O) groups is 1. The summed E-state index contributed by atoms with van der Waals surface area (Å²) in [6.07, 6.45) is 4.74. The number of rotatable bonds is 13. The van der Waals surface area contributed by atoms with Gasteiger partial charge in [0.25, 0.3) is 11.5 Å². The van der Waals surface area contributed by atoms with Crippen molar-refractivity contribution < 1.29 is 9.53 Å². The molecule has 0 fully saturated rings. The highest BCUT2D eigenvalue weighted by molar-refractivity contribution is 6.40. The van der Waals surface area contributed by atoms with Crippen LogP contribution in [0, 0.1) is 0 Å². The van der Waals surface area contributed by atoms with Crippen molar-refractivity contribution >= 4 is 69.5 Å². The predicted octanol–water partition coefficient (Wildman–Crippen LogP) is 10.9. The van der Waals surface area contributed by atoms with Crippen LogP contribution in [0.5, 0.6) is 5.75 Å². The van der Waals surface area contributed by atoms with Crippen LogP contribution in [0.1, 0.15) is 78.9 Å². The van der Waals surface area contributed by atoms with Crippen LogP contribution >= 0.6 is 46.4 Å². The van der Waals surface area contributed by atoms with Crippen LogP contribution in [-0.2, 0) is 15.6 Å². The van der Waals surface area contributed by atoms with Crippen molar-refractivity contribution in [1.82, 2.24) is 19.6 Å². The highest BCUT2D eigenvalue weighted by atomic mass is 35.5. The normalized spacial score (nSPS) is 12.5. The van der Waals surface area contributed by atoms with E-state index in [-0.39, 0.29) is 44.0 Å². The Morgan fingerprint density at radius 1 is 0.902 bits per heavy atom. The highest BCUT2D eigenvalue weighted by Gasteiger charge is 2.29. The summed E-state index contributed by atoms with van der Waals surface area (Å²) in [6, 6.07) is 16.0. The van der Waals surface area contributed by atoms with Crippen LogP contribution in [0.2, 0.25) is 20.1 Å². The van der Waals surface area contributed by atoms with E-state index in [1.807, 2.05) is 13.0 Å². The molecular weight excluding hydrogens is 730 g/mol. The molecule has 51 heavy (non-hydrogen) atoms. The lowest BCUT2D eigenvalue weighted by Crippen LogP contribution is -2.33. The summed E-state index contributed by atoms with van der Waals surface area (Å²) >= 11 is 25.7. The maximum absolute atomic E-state index is 13.8. The Balaban J connectivity index is 1.45. The second kappa shape index (κ2) is 15.4. The highest BCUT2D eigenvalue weighted by Crippen LogP contribution is 2.39. The molecule has 270 valence electrons. The SMILES string of the molecule is CCC(Oc1ccc(C(C)(C)CC)cc1C(C)(C)CC)C(=O)Nc1ccc(Cl)c(Nc2[nH]n(-c3c(Cl)cc(Cl)cc3Cl)c(=O)c2-n2cccn2)c1. The van der Waals surface area contributed by atoms with Crippen LogP contribution in [0.15, 0.2) is 71.8 Å². The fourth-order valence-electron chi connectivity index (χ4n) is 5.54. The number of anilines is 3. The average Bonchev–Trinajstić information content (AvgIpc) is 3.72. The second-order valence-electron chi connectivity index (χ2n) is 13.7. The molecule has 5 rings (SSSR count). The standard InChI is InChI=1S/C38H42Cl4N6O3/c1-8-30(51-31-15-12-22(37(4,5)9-2)18-25(31)38(6,7)10-3)35(49)44-24-13-14-26(40)29(21-24)45-34-33(47-17-11-16-43-47)36(50)48(46-34)32-27(41)19-23(39)20-28(32)42/h11-21,30,45-46H,8-10H2,1-7H3,(H,44,49). The second-order valence-corrected chi connectivity index (χ2v) is 15.3. The van der Waals surface area contributed by atoms with E-state index < -0.39 is 11.7 Å². The van der Waals surface area contributed by atoms with Gasteiger partial charge in [-0.15, -0.1) is 0 Å². The lowest BCUT2D eigenvalue weighted by molar-refractivity contribution is -0.122. The van der Waals surface area contributed by atoms with Crippen LogP contribution in [-0.4, -0.2) is 31.6 Å². The number of carbonyl (C=O) groups excluding carboxylic acids is 1. The van der Waals surface area contributed by atoms with E-state index in [4.69, 9.17) is 51.1 Å². The van der Waals surface area contributed by atoms with Crippen molar-refractivity contribution in [3.05, 3.63) is 109 Å². The lowest BCUT2D eigenvalue weighted by atomic mass is 9.76. The molecule has 0 spiro atoms. The molecule has 13 heteroatoms. The first-order valence-electron chi connectivity index (χ1n) is 16.8. The molecule has 0 saturated heterocycles. The fourth-order valence-corrected chi connectivity index (χ4v) is 6.69. The molecular formula is C38H42Cl4N6O3. The van der Waals surface area contributed by atoms with Gasteiger partial charge in [0.2, 0.25) is 0 Å². The van der Waals surface area contributed by atoms with Crippen molar-refractivity contribution in [2.45, 2.75) is 84.7 Å². The van der Waals surface area contributed by atoms with Gasteiger partial charge in [0.15, 0.2) is 17.6 Å². The Hall–Kier alpha value is -3.89. The van der Waals surface area contributed by atoms with Gasteiger partial charge in [-0.25, -0.2) is 9.36 Å². The Morgan fingerprint density at radius 2 is 1.59 bits per heavy atom. The molecule has 3 aromatic carbocycles. The van der Waals surface area contributed by atoms with Gasteiger partial charge < -0.3 is 15.4 Å². The molecule has 2 heterocycles. The number of hydrogen-bond acceptors (Lipinski definition) is 5. The fraction of sp³-hybridized carbons (Fsp3) is 0.342. The minimum absolute atomic E-state index is 0.00367. The largest absolute Gasteiger partial charge is 0.480 e. The molecule has 1 unspecified atom stereocenters. The monoisotopic (exact) mass is 770 g/mol. The third-order valence-corrected chi connectivity index (χ3v) is 10.6. The van der Waals surface area contributed by atoms with Crippen molar-refractivity contribution in [1.29, 1.82) is 0 Å². The average molecular weight is 773 g/mol. The molecule has 1 atom stereocenters. The van der Waals surface area contributed by atoms with Gasteiger partial charge in [0.05, 0.1) is 20.8 Å². The number of ether oxygens (including phenoxy) is 1. The van der Waals surface area contributed by atoms with Crippen molar-refractivity contribution in [3.63, 3.8) is 0 Å². The summed E-state index contributed by atoms with van der Waals surface area (Å²) in [7, 11) is 0. The number of nitrogens with one attached hydrogen (secondary N) is 3. The Kier molecular flexibility index (Phi) is 11.6. The number of aromatic amines is 1. The molecule has 9 nitrogen and oxygen atoms in total. The quantitative estimate of drug-likeness (QED) is 0.110. The van der Waals surface area contributed by atoms with E-state index >= 15 is 0 Å². The molecule has 5 aromatic rings. The molecule has 0 bridgehead atoms. The Bertz CT molecular complexity index is 2080. The van der Waals surface area contributed by atoms with E-state index in [0.29, 0.717) is 33.6 Å². The van der Waals surface area contributed by atoms with Gasteiger partial charge in [-0.1, -0.05) is 107 Å². The van der Waals surface area contributed by atoms with Gasteiger partial charge >= 0.3 is 0 Å². The smallest absolute Gasteiger partial charge is 0.299 e. The van der Waals surface area contributed by atoms with Crippen LogP contribution in [0.25, 0.3) is 11.4 Å². The summed E-state index contributed by atoms with van der Waals surface area (Å²) < 4.78 is 9.08. The molecule has 2 aromatic heterocycles. The first kappa shape index (κ1) is 38.3. The van der Waals surface area contributed by atoms with Crippen LogP contribution in [0.4, 0.5) is 17.2 Å². The molecule has 0 aliphatic heterocycles. The van der Waals surface area contributed by atoms with Gasteiger partial charge in [-0.05, 0) is 78.1 Å². The van der Waals surface area contributed by atoms with E-state index in [9.17, 15) is 9.59 Å². The summed E-state index contributed by atoms with van der Waals surface area (Å²) in [5.74, 6) is 0.623. The van der Waals surface area contributed by atoms with E-state index in [1.165, 1.54) is 27.1 Å². The summed E-state index contributed by atoms with van der Waals surface area (Å²) in [5.41, 5.74) is 2.88. The number of halogens is 4. The van der Waals surface area contributed by atoms with Crippen LogP contribution < -0.4 is 20.9 Å². The van der Waals surface area contributed by atoms with Gasteiger partial charge in [-0.2, -0.15) is 5.10 Å². The molecule has 3 N–H and O–H groups in total. The first-order valence-corrected chi connectivity index (χ1v) is 18.3. The lowest BCUT2D eigenvalue weighted by Gasteiger charge is -2.31. The van der Waals surface area contributed by atoms with E-state index in [2.05, 4.69) is 74.5 Å². The predicted molar refractivity (Wildman–Crippen MR) is 210 cm³/mol. The number of benzene rings is 3. The zero-order chi connectivity index (χ0) is 37.2. The van der Waals surface area contributed by atoms with Gasteiger partial charge in [-0.3, -0.25) is 14.7 Å². The minimum atomic E-state index is -0.765. The maximum atomic E-state index is 13.8. The van der Waals surface area contributed by atoms with Gasteiger partial charge in [0, 0.05) is 28.7 Å². The summed E-state index contributed by atoms with van der Waals surface area (Å²) in [5, 5.41) is 14.5. The number of nitrogens with zero attached hydrogens (tertiary/aromatic N) is 3. The molecule has 0 saturated carbocycles.